The number of anilines is 2. The number of nitrogens with zero attached hydrogens (tertiary/aromatic N) is 3. The summed E-state index contributed by atoms with van der Waals surface area (Å²) in [6.45, 7) is 0. The summed E-state index contributed by atoms with van der Waals surface area (Å²) in [5.74, 6) is -1.27. The van der Waals surface area contributed by atoms with E-state index in [4.69, 9.17) is 27.9 Å². The summed E-state index contributed by atoms with van der Waals surface area (Å²) >= 11 is 12.0. The molecule has 3 rings (SSSR count). The molecule has 1 heterocycles. The van der Waals surface area contributed by atoms with E-state index < -0.39 is 17.6 Å². The van der Waals surface area contributed by atoms with E-state index >= 15 is 0 Å². The van der Waals surface area contributed by atoms with Crippen molar-refractivity contribution in [1.29, 1.82) is 0 Å². The zero-order valence-electron chi connectivity index (χ0n) is 19.3. The van der Waals surface area contributed by atoms with Crippen LogP contribution in [0.3, 0.4) is 0 Å². The van der Waals surface area contributed by atoms with Gasteiger partial charge in [-0.1, -0.05) is 29.3 Å². The van der Waals surface area contributed by atoms with E-state index in [1.165, 1.54) is 43.6 Å². The Bertz CT molecular complexity index is 1300. The fourth-order valence-corrected chi connectivity index (χ4v) is 3.61. The number of methoxy groups -OCH3 is 1. The normalized spacial score (nSPS) is 11.1. The van der Waals surface area contributed by atoms with Gasteiger partial charge in [-0.15, -0.1) is 0 Å². The second-order valence-electron chi connectivity index (χ2n) is 7.44. The molecule has 0 saturated carbocycles. The van der Waals surface area contributed by atoms with Crippen LogP contribution in [0.15, 0.2) is 53.7 Å². The minimum atomic E-state index is -0.784. The molecule has 0 aliphatic heterocycles. The van der Waals surface area contributed by atoms with Crippen LogP contribution in [0.4, 0.5) is 15.9 Å². The number of hydrogen-bond acceptors (Lipinski definition) is 5. The van der Waals surface area contributed by atoms with Gasteiger partial charge < -0.3 is 20.3 Å². The highest BCUT2D eigenvalue weighted by atomic mass is 35.5. The van der Waals surface area contributed by atoms with Gasteiger partial charge in [0.05, 0.1) is 28.9 Å². The van der Waals surface area contributed by atoms with Crippen molar-refractivity contribution < 1.29 is 18.7 Å². The van der Waals surface area contributed by atoms with E-state index in [1.807, 2.05) is 0 Å². The summed E-state index contributed by atoms with van der Waals surface area (Å²) in [6.07, 6.45) is 1.37. The Morgan fingerprint density at radius 1 is 1.00 bits per heavy atom. The van der Waals surface area contributed by atoms with Gasteiger partial charge in [0.1, 0.15) is 23.2 Å². The standard InChI is InChI=1S/C24H22Cl2FN5O3/c1-28-22(32(2)3)13-5-7-16(18(27)9-13)23(33)31-21-17(10-15(26)11-19(21)35-4)24(34)30-20-8-6-14(25)12-29-20/h5-12H,1-4H3,(H,31,33)(H,29,30,34)/b28-22-. The number of rotatable bonds is 6. The lowest BCUT2D eigenvalue weighted by molar-refractivity contribution is 0.102. The number of nitrogens with one attached hydrogen (secondary N) is 2. The monoisotopic (exact) mass is 517 g/mol. The predicted octanol–water partition coefficient (Wildman–Crippen LogP) is 4.98. The number of aliphatic imine (C=N–C) groups is 1. The molecular weight excluding hydrogens is 496 g/mol. The first-order valence-corrected chi connectivity index (χ1v) is 11.0. The SMILES string of the molecule is C/N=C(/c1ccc(C(=O)Nc2c(OC)cc(Cl)cc2C(=O)Nc2ccc(Cl)cn2)c(F)c1)N(C)C. The smallest absolute Gasteiger partial charge is 0.259 e. The zero-order chi connectivity index (χ0) is 25.7. The number of pyridine rings is 1. The van der Waals surface area contributed by atoms with E-state index in [9.17, 15) is 14.0 Å². The van der Waals surface area contributed by atoms with Crippen molar-refractivity contribution in [2.24, 2.45) is 4.99 Å². The third-order valence-corrected chi connectivity index (χ3v) is 5.29. The first-order valence-electron chi connectivity index (χ1n) is 10.2. The summed E-state index contributed by atoms with van der Waals surface area (Å²) in [7, 11) is 6.50. The Hall–Kier alpha value is -3.69. The van der Waals surface area contributed by atoms with Crippen LogP contribution in [0.1, 0.15) is 26.3 Å². The van der Waals surface area contributed by atoms with Crippen LogP contribution in [-0.2, 0) is 0 Å². The molecule has 2 aromatic carbocycles. The number of carbonyl (C=O) groups excluding carboxylic acids is 2. The lowest BCUT2D eigenvalue weighted by atomic mass is 10.1. The molecule has 3 aromatic rings. The van der Waals surface area contributed by atoms with Gasteiger partial charge in [0.15, 0.2) is 0 Å². The van der Waals surface area contributed by atoms with E-state index in [2.05, 4.69) is 20.6 Å². The van der Waals surface area contributed by atoms with Crippen LogP contribution in [0.5, 0.6) is 5.75 Å². The highest BCUT2D eigenvalue weighted by Crippen LogP contribution is 2.33. The van der Waals surface area contributed by atoms with Crippen LogP contribution in [0.2, 0.25) is 10.0 Å². The molecular formula is C24H22Cl2FN5O3. The van der Waals surface area contributed by atoms with E-state index in [0.29, 0.717) is 16.4 Å². The molecule has 0 aliphatic rings. The van der Waals surface area contributed by atoms with Gasteiger partial charge in [0, 0.05) is 44.0 Å². The van der Waals surface area contributed by atoms with Crippen molar-refractivity contribution in [2.75, 3.05) is 38.9 Å². The Balaban J connectivity index is 1.95. The maximum atomic E-state index is 14.9. The van der Waals surface area contributed by atoms with Crippen LogP contribution in [-0.4, -0.2) is 55.8 Å². The van der Waals surface area contributed by atoms with Crippen molar-refractivity contribution >= 4 is 52.4 Å². The molecule has 0 radical (unpaired) electrons. The first kappa shape index (κ1) is 25.9. The summed E-state index contributed by atoms with van der Waals surface area (Å²) < 4.78 is 20.2. The van der Waals surface area contributed by atoms with Crippen molar-refractivity contribution in [2.45, 2.75) is 0 Å². The fraction of sp³-hybridized carbons (Fsp3) is 0.167. The Morgan fingerprint density at radius 2 is 1.71 bits per heavy atom. The maximum Gasteiger partial charge on any atom is 0.259 e. The number of halogens is 3. The Morgan fingerprint density at radius 3 is 2.29 bits per heavy atom. The number of ether oxygens (including phenoxy) is 1. The molecule has 0 aliphatic carbocycles. The fourth-order valence-electron chi connectivity index (χ4n) is 3.29. The minimum Gasteiger partial charge on any atom is -0.494 e. The van der Waals surface area contributed by atoms with Gasteiger partial charge in [-0.05, 0) is 30.3 Å². The lowest BCUT2D eigenvalue weighted by Crippen LogP contribution is -2.24. The lowest BCUT2D eigenvalue weighted by Gasteiger charge is -2.17. The van der Waals surface area contributed by atoms with Gasteiger partial charge >= 0.3 is 0 Å². The topological polar surface area (TPSA) is 95.9 Å². The van der Waals surface area contributed by atoms with Crippen LogP contribution in [0, 0.1) is 5.82 Å². The maximum absolute atomic E-state index is 14.9. The summed E-state index contributed by atoms with van der Waals surface area (Å²) in [5.41, 5.74) is 0.280. The third-order valence-electron chi connectivity index (χ3n) is 4.85. The van der Waals surface area contributed by atoms with Crippen molar-refractivity contribution in [3.63, 3.8) is 0 Å². The van der Waals surface area contributed by atoms with Crippen LogP contribution >= 0.6 is 23.2 Å². The number of amides is 2. The molecule has 8 nitrogen and oxygen atoms in total. The zero-order valence-corrected chi connectivity index (χ0v) is 20.8. The molecule has 0 atom stereocenters. The first-order chi connectivity index (χ1) is 16.6. The van der Waals surface area contributed by atoms with E-state index in [0.717, 1.165) is 0 Å². The molecule has 11 heteroatoms. The third kappa shape index (κ3) is 6.06. The second-order valence-corrected chi connectivity index (χ2v) is 8.31. The molecule has 0 bridgehead atoms. The van der Waals surface area contributed by atoms with Gasteiger partial charge in [-0.3, -0.25) is 14.6 Å². The molecule has 2 N–H and O–H groups in total. The van der Waals surface area contributed by atoms with Gasteiger partial charge in [0.25, 0.3) is 11.8 Å². The summed E-state index contributed by atoms with van der Waals surface area (Å²) in [6, 6.07) is 9.99. The molecule has 0 spiro atoms. The molecule has 0 saturated heterocycles. The number of carbonyl (C=O) groups is 2. The predicted molar refractivity (Wildman–Crippen MR) is 136 cm³/mol. The van der Waals surface area contributed by atoms with Crippen molar-refractivity contribution in [3.8, 4) is 5.75 Å². The summed E-state index contributed by atoms with van der Waals surface area (Å²) in [4.78, 5) is 35.9. The molecule has 0 unspecified atom stereocenters. The number of benzene rings is 2. The minimum absolute atomic E-state index is 0.00973. The van der Waals surface area contributed by atoms with Gasteiger partial charge in [-0.2, -0.15) is 0 Å². The molecule has 35 heavy (non-hydrogen) atoms. The average molecular weight is 518 g/mol. The molecule has 182 valence electrons. The highest BCUT2D eigenvalue weighted by molar-refractivity contribution is 6.32. The number of hydrogen-bond donors (Lipinski definition) is 2. The van der Waals surface area contributed by atoms with E-state index in [-0.39, 0.29) is 33.4 Å². The quantitative estimate of drug-likeness (QED) is 0.355. The summed E-state index contributed by atoms with van der Waals surface area (Å²) in [5, 5.41) is 5.76. The molecule has 2 amide bonds. The molecule has 1 aromatic heterocycles. The average Bonchev–Trinajstić information content (AvgIpc) is 2.81. The second kappa shape index (κ2) is 11.2. The number of aromatic nitrogens is 1. The van der Waals surface area contributed by atoms with E-state index in [1.54, 1.807) is 38.2 Å². The van der Waals surface area contributed by atoms with Gasteiger partial charge in [-0.25, -0.2) is 9.37 Å². The highest BCUT2D eigenvalue weighted by Gasteiger charge is 2.22. The largest absolute Gasteiger partial charge is 0.494 e. The Labute approximate surface area is 211 Å². The number of amidine groups is 1. The Kier molecular flexibility index (Phi) is 8.26. The van der Waals surface area contributed by atoms with Crippen molar-refractivity contribution in [1.82, 2.24) is 9.88 Å². The van der Waals surface area contributed by atoms with Crippen molar-refractivity contribution in [3.05, 3.63) is 81.2 Å². The van der Waals surface area contributed by atoms with Gasteiger partial charge in [0.2, 0.25) is 0 Å². The van der Waals surface area contributed by atoms with Crippen LogP contribution in [0.25, 0.3) is 0 Å². The molecule has 0 fully saturated rings. The van der Waals surface area contributed by atoms with Crippen LogP contribution < -0.4 is 15.4 Å².